The van der Waals surface area contributed by atoms with E-state index in [0.717, 1.165) is 31.7 Å². The Kier molecular flexibility index (Phi) is 14.3. The quantitative estimate of drug-likeness (QED) is 0.670. The van der Waals surface area contributed by atoms with Gasteiger partial charge in [0.05, 0.1) is 0 Å². The van der Waals surface area contributed by atoms with E-state index < -0.39 is 0 Å². The number of rotatable bonds is 7. The summed E-state index contributed by atoms with van der Waals surface area (Å²) in [5.41, 5.74) is 0. The van der Waals surface area contributed by atoms with Gasteiger partial charge in [0.1, 0.15) is 5.78 Å². The van der Waals surface area contributed by atoms with Crippen molar-refractivity contribution in [3.8, 4) is 0 Å². The molecule has 0 aromatic heterocycles. The maximum atomic E-state index is 10.9. The van der Waals surface area contributed by atoms with Crippen LogP contribution in [0.1, 0.15) is 68.7 Å². The Balaban J connectivity index is -0.000000340. The molecule has 0 radical (unpaired) electrons. The van der Waals surface area contributed by atoms with Crippen LogP contribution in [-0.4, -0.2) is 18.4 Å². The molecule has 2 nitrogen and oxygen atoms in total. The fraction of sp³-hybridized carbons (Fsp3) is 0.929. The molecule has 0 amide bonds. The molecule has 0 rings (SSSR count). The number of carbonyl (C=O) groups excluding carboxylic acids is 1. The lowest BCUT2D eigenvalue weighted by Gasteiger charge is -2.06. The second kappa shape index (κ2) is 12.7. The van der Waals surface area contributed by atoms with Crippen molar-refractivity contribution in [2.45, 2.75) is 73.3 Å². The third-order valence-corrected chi connectivity index (χ3v) is 1.83. The van der Waals surface area contributed by atoms with E-state index in [0.29, 0.717) is 18.2 Å². The second-order valence-electron chi connectivity index (χ2n) is 5.19. The van der Waals surface area contributed by atoms with Crippen LogP contribution >= 0.6 is 0 Å². The lowest BCUT2D eigenvalue weighted by atomic mass is 10.1. The first kappa shape index (κ1) is 18.0. The van der Waals surface area contributed by atoms with E-state index in [-0.39, 0.29) is 1.43 Å². The van der Waals surface area contributed by atoms with Crippen molar-refractivity contribution in [3.05, 3.63) is 0 Å². The summed E-state index contributed by atoms with van der Waals surface area (Å²) in [7, 11) is 0. The van der Waals surface area contributed by atoms with Crippen molar-refractivity contribution in [1.82, 2.24) is 5.32 Å². The Morgan fingerprint density at radius 2 is 1.62 bits per heavy atom. The zero-order chi connectivity index (χ0) is 13.0. The minimum absolute atomic E-state index is 0. The highest BCUT2D eigenvalue weighted by atomic mass is 16.1. The van der Waals surface area contributed by atoms with Crippen molar-refractivity contribution in [1.29, 1.82) is 0 Å². The molecule has 0 aliphatic heterocycles. The topological polar surface area (TPSA) is 29.1 Å². The Morgan fingerprint density at radius 1 is 1.12 bits per heavy atom. The van der Waals surface area contributed by atoms with Crippen LogP contribution in [-0.2, 0) is 4.79 Å². The molecule has 0 spiro atoms. The average Bonchev–Trinajstić information content (AvgIpc) is 2.15. The molecule has 0 atom stereocenters. The number of hydrogen-bond acceptors (Lipinski definition) is 2. The standard InChI is InChI=1S/C10H21NO.C4H10.H2/c1-4-10(12)7-5-6-8-11-9(2)3;1-4(2)3;/h9,11H,4-8H2,1-3H3;4H,1-3H3;1H. The molecule has 0 aromatic rings. The predicted molar refractivity (Wildman–Crippen MR) is 74.9 cm³/mol. The van der Waals surface area contributed by atoms with Crippen molar-refractivity contribution in [2.75, 3.05) is 6.54 Å². The Morgan fingerprint density at radius 3 is 2.00 bits per heavy atom. The number of nitrogens with one attached hydrogen (secondary N) is 1. The smallest absolute Gasteiger partial charge is 0.132 e. The summed E-state index contributed by atoms with van der Waals surface area (Å²) >= 11 is 0. The molecule has 0 saturated carbocycles. The highest BCUT2D eigenvalue weighted by Crippen LogP contribution is 1.97. The molecule has 100 valence electrons. The predicted octanol–water partition coefficient (Wildman–Crippen LogP) is 4.04. The van der Waals surface area contributed by atoms with Gasteiger partial charge < -0.3 is 5.32 Å². The first-order valence-corrected chi connectivity index (χ1v) is 6.65. The summed E-state index contributed by atoms with van der Waals surface area (Å²) in [6.07, 6.45) is 3.60. The van der Waals surface area contributed by atoms with Crippen molar-refractivity contribution in [2.24, 2.45) is 5.92 Å². The monoisotopic (exact) mass is 231 g/mol. The average molecular weight is 231 g/mol. The van der Waals surface area contributed by atoms with E-state index >= 15 is 0 Å². The number of ketones is 1. The van der Waals surface area contributed by atoms with Crippen LogP contribution in [0.2, 0.25) is 0 Å². The summed E-state index contributed by atoms with van der Waals surface area (Å²) in [6.45, 7) is 13.7. The molecule has 0 fully saturated rings. The highest BCUT2D eigenvalue weighted by molar-refractivity contribution is 5.77. The normalized spacial score (nSPS) is 10.2. The fourth-order valence-corrected chi connectivity index (χ4v) is 1.01. The molecule has 16 heavy (non-hydrogen) atoms. The van der Waals surface area contributed by atoms with Gasteiger partial charge in [-0.15, -0.1) is 0 Å². The molecular weight excluding hydrogens is 198 g/mol. The van der Waals surface area contributed by atoms with Crippen molar-refractivity contribution >= 4 is 5.78 Å². The molecule has 0 bridgehead atoms. The van der Waals surface area contributed by atoms with Crippen LogP contribution in [0.3, 0.4) is 0 Å². The zero-order valence-electron chi connectivity index (χ0n) is 12.1. The van der Waals surface area contributed by atoms with E-state index in [1.54, 1.807) is 0 Å². The molecule has 0 aliphatic carbocycles. The van der Waals surface area contributed by atoms with Crippen molar-refractivity contribution < 1.29 is 6.22 Å². The first-order valence-electron chi connectivity index (χ1n) is 6.65. The maximum Gasteiger partial charge on any atom is 0.132 e. The second-order valence-corrected chi connectivity index (χ2v) is 5.19. The summed E-state index contributed by atoms with van der Waals surface area (Å²) in [6, 6.07) is 0.562. The van der Waals surface area contributed by atoms with Crippen LogP contribution in [0, 0.1) is 5.92 Å². The summed E-state index contributed by atoms with van der Waals surface area (Å²) in [4.78, 5) is 10.9. The van der Waals surface area contributed by atoms with E-state index in [1.165, 1.54) is 0 Å². The van der Waals surface area contributed by atoms with Crippen LogP contribution in [0.15, 0.2) is 0 Å². The molecule has 0 heterocycles. The van der Waals surface area contributed by atoms with Gasteiger partial charge in [-0.25, -0.2) is 0 Å². The molecule has 1 N–H and O–H groups in total. The third-order valence-electron chi connectivity index (χ3n) is 1.83. The molecular formula is C14H33NO. The lowest BCUT2D eigenvalue weighted by molar-refractivity contribution is -0.118. The lowest BCUT2D eigenvalue weighted by Crippen LogP contribution is -2.23. The number of unbranched alkanes of at least 4 members (excludes halogenated alkanes) is 1. The summed E-state index contributed by atoms with van der Waals surface area (Å²) in [5, 5.41) is 3.33. The van der Waals surface area contributed by atoms with Gasteiger partial charge in [0.2, 0.25) is 0 Å². The minimum Gasteiger partial charge on any atom is -0.315 e. The largest absolute Gasteiger partial charge is 0.315 e. The summed E-state index contributed by atoms with van der Waals surface area (Å²) in [5.74, 6) is 1.22. The number of carbonyl (C=O) groups is 1. The minimum atomic E-state index is 0. The van der Waals surface area contributed by atoms with Crippen LogP contribution in [0.5, 0.6) is 0 Å². The highest BCUT2D eigenvalue weighted by Gasteiger charge is 1.97. The van der Waals surface area contributed by atoms with Gasteiger partial charge in [-0.05, 0) is 25.3 Å². The van der Waals surface area contributed by atoms with E-state index in [1.807, 2.05) is 6.92 Å². The first-order chi connectivity index (χ1) is 7.40. The van der Waals surface area contributed by atoms with Gasteiger partial charge in [0.15, 0.2) is 0 Å². The maximum absolute atomic E-state index is 10.9. The molecule has 0 aliphatic rings. The molecule has 0 saturated heterocycles. The van der Waals surface area contributed by atoms with Crippen LogP contribution < -0.4 is 5.32 Å². The van der Waals surface area contributed by atoms with Gasteiger partial charge in [-0.1, -0.05) is 41.5 Å². The third kappa shape index (κ3) is 23.4. The zero-order valence-corrected chi connectivity index (χ0v) is 12.1. The molecule has 0 unspecified atom stereocenters. The number of Topliss-reactive ketones (excluding diaryl/α,β-unsaturated/α-hetero) is 1. The van der Waals surface area contributed by atoms with Crippen molar-refractivity contribution in [3.63, 3.8) is 0 Å². The van der Waals surface area contributed by atoms with Gasteiger partial charge in [-0.3, -0.25) is 4.79 Å². The van der Waals surface area contributed by atoms with E-state index in [4.69, 9.17) is 0 Å². The van der Waals surface area contributed by atoms with Gasteiger partial charge >= 0.3 is 0 Å². The number of hydrogen-bond donors (Lipinski definition) is 1. The van der Waals surface area contributed by atoms with Gasteiger partial charge in [-0.2, -0.15) is 0 Å². The summed E-state index contributed by atoms with van der Waals surface area (Å²) < 4.78 is 0. The SMILES string of the molecule is CC(C)C.CCC(=O)CCCCNC(C)C.[HH]. The van der Waals surface area contributed by atoms with Gasteiger partial charge in [0, 0.05) is 20.3 Å². The molecule has 2 heteroatoms. The molecule has 0 aromatic carbocycles. The van der Waals surface area contributed by atoms with Crippen LogP contribution in [0.4, 0.5) is 0 Å². The Bertz CT molecular complexity index is 156. The van der Waals surface area contributed by atoms with E-state index in [9.17, 15) is 4.79 Å². The fourth-order valence-electron chi connectivity index (χ4n) is 1.01. The Hall–Kier alpha value is -0.370. The van der Waals surface area contributed by atoms with Gasteiger partial charge in [0.25, 0.3) is 0 Å². The van der Waals surface area contributed by atoms with Crippen LogP contribution in [0.25, 0.3) is 0 Å². The Labute approximate surface area is 104 Å². The van der Waals surface area contributed by atoms with E-state index in [2.05, 4.69) is 39.9 Å².